The van der Waals surface area contributed by atoms with E-state index in [-0.39, 0.29) is 12.3 Å². The lowest BCUT2D eigenvalue weighted by Crippen LogP contribution is -2.48. The molecule has 2 N–H and O–H groups in total. The van der Waals surface area contributed by atoms with Crippen LogP contribution in [0.4, 0.5) is 0 Å². The fourth-order valence-corrected chi connectivity index (χ4v) is 4.42. The van der Waals surface area contributed by atoms with Crippen LogP contribution >= 0.6 is 0 Å². The summed E-state index contributed by atoms with van der Waals surface area (Å²) < 4.78 is 0. The van der Waals surface area contributed by atoms with E-state index in [4.69, 9.17) is 5.73 Å². The molecule has 0 bridgehead atoms. The molecular weight excluding hydrogens is 360 g/mol. The monoisotopic (exact) mass is 387 g/mol. The average Bonchev–Trinajstić information content (AvgIpc) is 2.88. The first-order valence-electron chi connectivity index (χ1n) is 9.62. The highest BCUT2D eigenvalue weighted by Gasteiger charge is 2.55. The van der Waals surface area contributed by atoms with Crippen molar-refractivity contribution in [3.63, 3.8) is 0 Å². The van der Waals surface area contributed by atoms with Crippen molar-refractivity contribution in [2.24, 2.45) is 29.4 Å². The van der Waals surface area contributed by atoms with Crippen LogP contribution < -0.4 is 10.8 Å². The number of rotatable bonds is 9. The number of nitrogens with zero attached hydrogens (tertiary/aromatic N) is 1. The van der Waals surface area contributed by atoms with Crippen molar-refractivity contribution < 1.29 is 24.3 Å². The summed E-state index contributed by atoms with van der Waals surface area (Å²) in [6.07, 6.45) is 1.45. The van der Waals surface area contributed by atoms with Crippen LogP contribution in [0.5, 0.6) is 0 Å². The third-order valence-corrected chi connectivity index (χ3v) is 5.77. The number of likely N-dealkylation sites (tertiary alicyclic amines) is 1. The number of amides is 3. The highest BCUT2D eigenvalue weighted by atomic mass is 16.4. The first-order valence-corrected chi connectivity index (χ1v) is 9.62. The molecule has 0 aromatic heterocycles. The van der Waals surface area contributed by atoms with Crippen LogP contribution in [-0.2, 0) is 19.2 Å². The predicted octanol–water partition coefficient (Wildman–Crippen LogP) is 0.679. The van der Waals surface area contributed by atoms with E-state index < -0.39 is 47.4 Å². The molecule has 28 heavy (non-hydrogen) atoms. The molecule has 0 radical (unpaired) electrons. The zero-order valence-electron chi connectivity index (χ0n) is 16.5. The Hall–Kier alpha value is -2.70. The van der Waals surface area contributed by atoms with Crippen molar-refractivity contribution in [3.8, 4) is 0 Å². The van der Waals surface area contributed by atoms with Crippen LogP contribution in [0.25, 0.3) is 0 Å². The van der Waals surface area contributed by atoms with E-state index in [1.807, 2.05) is 37.3 Å². The molecule has 1 fully saturated rings. The molecule has 1 heterocycles. The first-order chi connectivity index (χ1) is 13.3. The number of aliphatic carboxylic acids is 1. The van der Waals surface area contributed by atoms with E-state index >= 15 is 0 Å². The topological polar surface area (TPSA) is 121 Å². The number of imide groups is 1. The molecular formula is C21H27N2O5-. The summed E-state index contributed by atoms with van der Waals surface area (Å²) in [7, 11) is 1.36. The van der Waals surface area contributed by atoms with Crippen molar-refractivity contribution in [3.05, 3.63) is 35.9 Å². The number of primary amides is 1. The molecule has 1 aliphatic rings. The van der Waals surface area contributed by atoms with Crippen molar-refractivity contribution in [2.45, 2.75) is 39.0 Å². The second-order valence-electron chi connectivity index (χ2n) is 7.35. The molecule has 2 rings (SSSR count). The Kier molecular flexibility index (Phi) is 6.94. The van der Waals surface area contributed by atoms with Crippen LogP contribution in [0, 0.1) is 23.7 Å². The SMILES string of the molecule is CCCC(c1ccccc1)C1C(=O)N(C)C(=O)C1C(C(N)=O)C(CC)C(=O)[O-]. The summed E-state index contributed by atoms with van der Waals surface area (Å²) >= 11 is 0. The van der Waals surface area contributed by atoms with Gasteiger partial charge in [-0.1, -0.05) is 50.6 Å². The first kappa shape index (κ1) is 21.6. The highest BCUT2D eigenvalue weighted by molar-refractivity contribution is 6.07. The van der Waals surface area contributed by atoms with Gasteiger partial charge in [-0.15, -0.1) is 0 Å². The molecule has 7 nitrogen and oxygen atoms in total. The van der Waals surface area contributed by atoms with Crippen LogP contribution in [0.15, 0.2) is 30.3 Å². The van der Waals surface area contributed by atoms with Gasteiger partial charge in [-0.3, -0.25) is 19.3 Å². The van der Waals surface area contributed by atoms with Crippen molar-refractivity contribution in [2.75, 3.05) is 7.05 Å². The maximum atomic E-state index is 13.0. The summed E-state index contributed by atoms with van der Waals surface area (Å²) in [5, 5.41) is 11.6. The normalized spacial score (nSPS) is 22.8. The lowest BCUT2D eigenvalue weighted by molar-refractivity contribution is -0.313. The zero-order chi connectivity index (χ0) is 21.0. The maximum Gasteiger partial charge on any atom is 0.233 e. The number of benzene rings is 1. The Morgan fingerprint density at radius 1 is 1.11 bits per heavy atom. The van der Waals surface area contributed by atoms with Gasteiger partial charge >= 0.3 is 0 Å². The Balaban J connectivity index is 2.60. The molecule has 0 spiro atoms. The zero-order valence-corrected chi connectivity index (χ0v) is 16.5. The van der Waals surface area contributed by atoms with Gasteiger partial charge in [0.15, 0.2) is 0 Å². The minimum absolute atomic E-state index is 0.0775. The predicted molar refractivity (Wildman–Crippen MR) is 100 cm³/mol. The van der Waals surface area contributed by atoms with Gasteiger partial charge in [-0.2, -0.15) is 0 Å². The molecule has 1 aromatic rings. The number of carbonyl (C=O) groups excluding carboxylic acids is 4. The molecule has 0 saturated carbocycles. The van der Waals surface area contributed by atoms with Crippen LogP contribution in [0.1, 0.15) is 44.6 Å². The molecule has 1 aromatic carbocycles. The maximum absolute atomic E-state index is 13.0. The molecule has 0 aliphatic carbocycles. The molecule has 3 amide bonds. The highest BCUT2D eigenvalue weighted by Crippen LogP contribution is 2.45. The van der Waals surface area contributed by atoms with Gasteiger partial charge < -0.3 is 15.6 Å². The van der Waals surface area contributed by atoms with E-state index in [1.165, 1.54) is 7.05 Å². The number of hydrogen-bond donors (Lipinski definition) is 1. The number of carboxylic acids is 1. The third kappa shape index (κ3) is 3.93. The van der Waals surface area contributed by atoms with E-state index in [0.29, 0.717) is 6.42 Å². The lowest BCUT2D eigenvalue weighted by atomic mass is 9.68. The second kappa shape index (κ2) is 8.99. The third-order valence-electron chi connectivity index (χ3n) is 5.77. The fourth-order valence-electron chi connectivity index (χ4n) is 4.42. The summed E-state index contributed by atoms with van der Waals surface area (Å²) in [5.41, 5.74) is 6.42. The standard InChI is InChI=1S/C21H28N2O5/c1-4-9-14(12-10-7-6-8-11-12)16-17(20(26)23(3)19(16)25)15(18(22)24)13(5-2)21(27)28/h6-8,10-11,13-17H,4-5,9H2,1-3H3,(H2,22,24)(H,27,28)/p-1. The van der Waals surface area contributed by atoms with Crippen molar-refractivity contribution in [1.82, 2.24) is 4.90 Å². The summed E-state index contributed by atoms with van der Waals surface area (Å²) in [5.74, 6) is -8.11. The number of carbonyl (C=O) groups is 4. The Labute approximate surface area is 164 Å². The van der Waals surface area contributed by atoms with Gasteiger partial charge in [0, 0.05) is 18.9 Å². The van der Waals surface area contributed by atoms with Gasteiger partial charge in [-0.25, -0.2) is 0 Å². The van der Waals surface area contributed by atoms with Crippen LogP contribution in [-0.4, -0.2) is 35.6 Å². The Morgan fingerprint density at radius 3 is 2.14 bits per heavy atom. The summed E-state index contributed by atoms with van der Waals surface area (Å²) in [6.45, 7) is 3.56. The fraction of sp³-hybridized carbons (Fsp3) is 0.524. The van der Waals surface area contributed by atoms with Crippen molar-refractivity contribution in [1.29, 1.82) is 0 Å². The molecule has 152 valence electrons. The summed E-state index contributed by atoms with van der Waals surface area (Å²) in [6, 6.07) is 9.30. The van der Waals surface area contributed by atoms with Crippen LogP contribution in [0.3, 0.4) is 0 Å². The molecule has 1 saturated heterocycles. The Morgan fingerprint density at radius 2 is 1.68 bits per heavy atom. The van der Waals surface area contributed by atoms with Gasteiger partial charge in [0.05, 0.1) is 17.8 Å². The van der Waals surface area contributed by atoms with Gasteiger partial charge in [-0.05, 0) is 24.3 Å². The van der Waals surface area contributed by atoms with Gasteiger partial charge in [0.1, 0.15) is 0 Å². The largest absolute Gasteiger partial charge is 0.550 e. The lowest BCUT2D eigenvalue weighted by Gasteiger charge is -2.33. The molecule has 5 unspecified atom stereocenters. The average molecular weight is 387 g/mol. The van der Waals surface area contributed by atoms with Gasteiger partial charge in [0.2, 0.25) is 17.7 Å². The number of hydrogen-bond acceptors (Lipinski definition) is 5. The molecule has 7 heteroatoms. The molecule has 5 atom stereocenters. The van der Waals surface area contributed by atoms with E-state index in [2.05, 4.69) is 0 Å². The van der Waals surface area contributed by atoms with Gasteiger partial charge in [0.25, 0.3) is 0 Å². The number of nitrogens with two attached hydrogens (primary N) is 1. The van der Waals surface area contributed by atoms with E-state index in [9.17, 15) is 24.3 Å². The van der Waals surface area contributed by atoms with Crippen molar-refractivity contribution >= 4 is 23.7 Å². The Bertz CT molecular complexity index is 748. The van der Waals surface area contributed by atoms with E-state index in [0.717, 1.165) is 16.9 Å². The molecule has 1 aliphatic heterocycles. The second-order valence-corrected chi connectivity index (χ2v) is 7.35. The minimum Gasteiger partial charge on any atom is -0.550 e. The smallest absolute Gasteiger partial charge is 0.233 e. The van der Waals surface area contributed by atoms with E-state index in [1.54, 1.807) is 6.92 Å². The summed E-state index contributed by atoms with van der Waals surface area (Å²) in [4.78, 5) is 50.9. The van der Waals surface area contributed by atoms with Crippen LogP contribution in [0.2, 0.25) is 0 Å². The minimum atomic E-state index is -1.44. The quantitative estimate of drug-likeness (QED) is 0.625. The number of carboxylic acid groups (broad SMARTS) is 1.